The van der Waals surface area contributed by atoms with E-state index in [0.29, 0.717) is 13.2 Å². The highest BCUT2D eigenvalue weighted by atomic mass is 32.2. The number of primary sulfonamides is 1. The van der Waals surface area contributed by atoms with Crippen molar-refractivity contribution in [3.8, 4) is 0 Å². The molecule has 1 rings (SSSR count). The van der Waals surface area contributed by atoms with Crippen LogP contribution in [0.3, 0.4) is 0 Å². The Balaban J connectivity index is 2.37. The summed E-state index contributed by atoms with van der Waals surface area (Å²) in [5.74, 6) is -0.220. The Hall–Kier alpha value is -0.820. The molecule has 70 valence electrons. The van der Waals surface area contributed by atoms with Crippen LogP contribution in [0.2, 0.25) is 0 Å². The lowest BCUT2D eigenvalue weighted by atomic mass is 10.6. The number of nitrogens with zero attached hydrogens (tertiary/aromatic N) is 1. The van der Waals surface area contributed by atoms with Crippen molar-refractivity contribution in [3.63, 3.8) is 0 Å². The Kier molecular flexibility index (Phi) is 2.53. The lowest BCUT2D eigenvalue weighted by Gasteiger charge is -2.10. The lowest BCUT2D eigenvalue weighted by Crippen LogP contribution is -2.32. The van der Waals surface area contributed by atoms with Crippen LogP contribution >= 0.6 is 0 Å². The van der Waals surface area contributed by atoms with Crippen molar-refractivity contribution in [1.82, 2.24) is 4.90 Å². The zero-order valence-electron chi connectivity index (χ0n) is 6.39. The molecule has 0 unspecified atom stereocenters. The molecule has 0 radical (unpaired) electrons. The van der Waals surface area contributed by atoms with E-state index in [2.05, 4.69) is 4.74 Å². The van der Waals surface area contributed by atoms with Crippen LogP contribution in [0, 0.1) is 0 Å². The first-order valence-electron chi connectivity index (χ1n) is 3.41. The second-order valence-corrected chi connectivity index (χ2v) is 4.20. The predicted octanol–water partition coefficient (Wildman–Crippen LogP) is -1.27. The largest absolute Gasteiger partial charge is 0.448 e. The van der Waals surface area contributed by atoms with E-state index < -0.39 is 16.1 Å². The summed E-state index contributed by atoms with van der Waals surface area (Å²) in [6.45, 7) is 0.871. The van der Waals surface area contributed by atoms with Crippen LogP contribution in [-0.4, -0.2) is 44.9 Å². The molecule has 0 bridgehead atoms. The lowest BCUT2D eigenvalue weighted by molar-refractivity contribution is 0.160. The first kappa shape index (κ1) is 9.27. The van der Waals surface area contributed by atoms with Gasteiger partial charge >= 0.3 is 6.09 Å². The molecule has 0 aromatic heterocycles. The summed E-state index contributed by atoms with van der Waals surface area (Å²) in [6, 6.07) is 0. The Morgan fingerprint density at radius 2 is 2.25 bits per heavy atom. The molecule has 1 heterocycles. The summed E-state index contributed by atoms with van der Waals surface area (Å²) >= 11 is 0. The van der Waals surface area contributed by atoms with Gasteiger partial charge < -0.3 is 9.64 Å². The number of carbonyl (C=O) groups excluding carboxylic acids is 1. The summed E-state index contributed by atoms with van der Waals surface area (Å²) < 4.78 is 25.6. The van der Waals surface area contributed by atoms with Gasteiger partial charge in [-0.15, -0.1) is 0 Å². The Morgan fingerprint density at radius 1 is 1.58 bits per heavy atom. The monoisotopic (exact) mass is 194 g/mol. The fraction of sp³-hybridized carbons (Fsp3) is 0.800. The molecule has 12 heavy (non-hydrogen) atoms. The average molecular weight is 194 g/mol. The fourth-order valence-electron chi connectivity index (χ4n) is 0.866. The number of hydrogen-bond acceptors (Lipinski definition) is 4. The molecule has 1 amide bonds. The second-order valence-electron chi connectivity index (χ2n) is 2.47. The first-order valence-corrected chi connectivity index (χ1v) is 5.13. The van der Waals surface area contributed by atoms with E-state index in [1.807, 2.05) is 0 Å². The van der Waals surface area contributed by atoms with Gasteiger partial charge in [0.1, 0.15) is 6.61 Å². The molecule has 6 nitrogen and oxygen atoms in total. The van der Waals surface area contributed by atoms with E-state index in [-0.39, 0.29) is 12.3 Å². The number of hydrogen-bond donors (Lipinski definition) is 1. The molecule has 0 atom stereocenters. The summed E-state index contributed by atoms with van der Waals surface area (Å²) in [4.78, 5) is 12.1. The molecule has 1 aliphatic heterocycles. The molecular weight excluding hydrogens is 184 g/mol. The Labute approximate surface area is 70.3 Å². The molecule has 0 aliphatic carbocycles. The summed E-state index contributed by atoms with van der Waals surface area (Å²) in [7, 11) is -3.48. The number of cyclic esters (lactones) is 1. The third-order valence-corrected chi connectivity index (χ3v) is 2.24. The van der Waals surface area contributed by atoms with Gasteiger partial charge in [-0.25, -0.2) is 18.4 Å². The molecule has 0 aromatic rings. The van der Waals surface area contributed by atoms with Gasteiger partial charge in [-0.05, 0) is 0 Å². The minimum absolute atomic E-state index is 0.109. The van der Waals surface area contributed by atoms with Gasteiger partial charge in [0.2, 0.25) is 10.0 Å². The zero-order valence-corrected chi connectivity index (χ0v) is 7.21. The highest BCUT2D eigenvalue weighted by Crippen LogP contribution is 2.02. The quantitative estimate of drug-likeness (QED) is 0.606. The SMILES string of the molecule is NS(=O)(=O)CCN1CCOC1=O. The maximum atomic E-state index is 10.8. The molecule has 7 heteroatoms. The van der Waals surface area contributed by atoms with Crippen LogP contribution in [0.4, 0.5) is 4.79 Å². The summed E-state index contributed by atoms with van der Waals surface area (Å²) in [6.07, 6.45) is -0.473. The number of amides is 1. The van der Waals surface area contributed by atoms with Gasteiger partial charge in [0.15, 0.2) is 0 Å². The van der Waals surface area contributed by atoms with E-state index in [1.165, 1.54) is 4.90 Å². The third kappa shape index (κ3) is 2.67. The number of sulfonamides is 1. The number of ether oxygens (including phenoxy) is 1. The van der Waals surface area contributed by atoms with Gasteiger partial charge in [0.25, 0.3) is 0 Å². The number of carbonyl (C=O) groups is 1. The number of nitrogens with two attached hydrogens (primary N) is 1. The summed E-state index contributed by atoms with van der Waals surface area (Å²) in [5, 5.41) is 4.75. The first-order chi connectivity index (χ1) is 5.49. The predicted molar refractivity (Wildman–Crippen MR) is 40.9 cm³/mol. The van der Waals surface area contributed by atoms with E-state index >= 15 is 0 Å². The third-order valence-electron chi connectivity index (χ3n) is 1.49. The van der Waals surface area contributed by atoms with Crippen LogP contribution in [0.25, 0.3) is 0 Å². The molecule has 1 saturated heterocycles. The van der Waals surface area contributed by atoms with Crippen molar-refractivity contribution in [2.24, 2.45) is 5.14 Å². The van der Waals surface area contributed by atoms with Crippen molar-refractivity contribution in [2.75, 3.05) is 25.4 Å². The highest BCUT2D eigenvalue weighted by molar-refractivity contribution is 7.89. The van der Waals surface area contributed by atoms with Crippen molar-refractivity contribution >= 4 is 16.1 Å². The van der Waals surface area contributed by atoms with Crippen LogP contribution in [0.1, 0.15) is 0 Å². The molecule has 1 fully saturated rings. The van der Waals surface area contributed by atoms with E-state index in [9.17, 15) is 13.2 Å². The molecule has 0 aromatic carbocycles. The van der Waals surface area contributed by atoms with E-state index in [4.69, 9.17) is 5.14 Å². The molecule has 1 aliphatic rings. The topological polar surface area (TPSA) is 89.7 Å². The van der Waals surface area contributed by atoms with Crippen LogP contribution in [0.5, 0.6) is 0 Å². The number of rotatable bonds is 3. The van der Waals surface area contributed by atoms with Crippen molar-refractivity contribution < 1.29 is 17.9 Å². The van der Waals surface area contributed by atoms with Gasteiger partial charge in [-0.3, -0.25) is 0 Å². The van der Waals surface area contributed by atoms with Gasteiger partial charge in [0, 0.05) is 6.54 Å². The van der Waals surface area contributed by atoms with Gasteiger partial charge in [0.05, 0.1) is 12.3 Å². The average Bonchev–Trinajstić information content (AvgIpc) is 2.29. The van der Waals surface area contributed by atoms with Crippen LogP contribution in [0.15, 0.2) is 0 Å². The van der Waals surface area contributed by atoms with E-state index in [0.717, 1.165) is 0 Å². The normalized spacial score (nSPS) is 18.1. The van der Waals surface area contributed by atoms with Crippen LogP contribution in [-0.2, 0) is 14.8 Å². The Bertz CT molecular complexity index is 273. The van der Waals surface area contributed by atoms with Crippen LogP contribution < -0.4 is 5.14 Å². The van der Waals surface area contributed by atoms with E-state index in [1.54, 1.807) is 0 Å². The molecule has 0 saturated carbocycles. The van der Waals surface area contributed by atoms with Crippen molar-refractivity contribution in [1.29, 1.82) is 0 Å². The van der Waals surface area contributed by atoms with Crippen molar-refractivity contribution in [3.05, 3.63) is 0 Å². The molecular formula is C5H10N2O4S. The molecule has 2 N–H and O–H groups in total. The maximum absolute atomic E-state index is 10.8. The maximum Gasteiger partial charge on any atom is 0.409 e. The van der Waals surface area contributed by atoms with Gasteiger partial charge in [-0.2, -0.15) is 0 Å². The molecule has 0 spiro atoms. The fourth-order valence-corrected chi connectivity index (χ4v) is 1.34. The summed E-state index contributed by atoms with van der Waals surface area (Å²) in [5.41, 5.74) is 0. The zero-order chi connectivity index (χ0) is 9.19. The van der Waals surface area contributed by atoms with Gasteiger partial charge in [-0.1, -0.05) is 0 Å². The minimum atomic E-state index is -3.48. The second kappa shape index (κ2) is 3.28. The van der Waals surface area contributed by atoms with Crippen molar-refractivity contribution in [2.45, 2.75) is 0 Å². The standard InChI is InChI=1S/C5H10N2O4S/c6-12(9,10)4-2-7-1-3-11-5(7)8/h1-4H2,(H2,6,9,10). The smallest absolute Gasteiger partial charge is 0.409 e. The minimum Gasteiger partial charge on any atom is -0.448 e. The Morgan fingerprint density at radius 3 is 2.67 bits per heavy atom. The highest BCUT2D eigenvalue weighted by Gasteiger charge is 2.22.